The summed E-state index contributed by atoms with van der Waals surface area (Å²) in [5.74, 6) is 0.932. The number of carbonyl (C=O) groups excluding carboxylic acids is 1. The zero-order chi connectivity index (χ0) is 27.7. The molecule has 1 amide bonds. The van der Waals surface area contributed by atoms with Gasteiger partial charge in [0.05, 0.1) is 17.2 Å². The largest absolute Gasteiger partial charge is 0.494 e. The fraction of sp³-hybridized carbons (Fsp3) is 0.194. The predicted molar refractivity (Wildman–Crippen MR) is 152 cm³/mol. The molecule has 4 aromatic rings. The molecule has 4 rings (SSSR count). The topological polar surface area (TPSA) is 76.1 Å². The lowest BCUT2D eigenvalue weighted by molar-refractivity contribution is -0.134. The van der Waals surface area contributed by atoms with Crippen LogP contribution in [0.4, 0.5) is 5.69 Å². The number of carbonyl (C=O) groups is 1. The molecule has 0 aliphatic heterocycles. The molecule has 39 heavy (non-hydrogen) atoms. The van der Waals surface area contributed by atoms with Crippen molar-refractivity contribution in [1.29, 1.82) is 0 Å². The Kier molecular flexibility index (Phi) is 9.22. The minimum Gasteiger partial charge on any atom is -0.494 e. The maximum atomic E-state index is 13.2. The monoisotopic (exact) mass is 544 g/mol. The maximum absolute atomic E-state index is 13.2. The van der Waals surface area contributed by atoms with Gasteiger partial charge in [-0.05, 0) is 66.6 Å². The zero-order valence-corrected chi connectivity index (χ0v) is 22.9. The van der Waals surface area contributed by atoms with Crippen molar-refractivity contribution in [3.8, 4) is 11.5 Å². The molecule has 0 saturated heterocycles. The zero-order valence-electron chi connectivity index (χ0n) is 22.1. The molecule has 0 heterocycles. The third kappa shape index (κ3) is 7.39. The van der Waals surface area contributed by atoms with Crippen molar-refractivity contribution < 1.29 is 22.7 Å². The van der Waals surface area contributed by atoms with Crippen LogP contribution in [-0.4, -0.2) is 39.5 Å². The minimum absolute atomic E-state index is 0.140. The molecule has 0 aliphatic rings. The van der Waals surface area contributed by atoms with Crippen LogP contribution < -0.4 is 13.8 Å². The number of amides is 1. The molecule has 0 aromatic heterocycles. The van der Waals surface area contributed by atoms with Crippen molar-refractivity contribution >= 4 is 21.6 Å². The number of nitrogens with zero attached hydrogens (tertiary/aromatic N) is 2. The highest BCUT2D eigenvalue weighted by atomic mass is 32.2. The molecule has 0 radical (unpaired) electrons. The number of benzene rings is 4. The normalized spacial score (nSPS) is 11.0. The van der Waals surface area contributed by atoms with Crippen LogP contribution in [0, 0.1) is 0 Å². The van der Waals surface area contributed by atoms with E-state index in [1.54, 1.807) is 41.3 Å². The number of rotatable bonds is 12. The average molecular weight is 545 g/mol. The Labute approximate surface area is 230 Å². The van der Waals surface area contributed by atoms with Gasteiger partial charge >= 0.3 is 0 Å². The third-order valence-corrected chi connectivity index (χ3v) is 7.94. The van der Waals surface area contributed by atoms with Gasteiger partial charge in [-0.3, -0.25) is 9.10 Å². The fourth-order valence-electron chi connectivity index (χ4n) is 4.00. The highest BCUT2D eigenvalue weighted by Crippen LogP contribution is 2.26. The quantitative estimate of drug-likeness (QED) is 0.235. The van der Waals surface area contributed by atoms with E-state index in [0.717, 1.165) is 11.1 Å². The summed E-state index contributed by atoms with van der Waals surface area (Å²) in [5, 5.41) is 0. The van der Waals surface area contributed by atoms with Crippen molar-refractivity contribution in [2.45, 2.75) is 24.9 Å². The predicted octanol–water partition coefficient (Wildman–Crippen LogP) is 5.52. The van der Waals surface area contributed by atoms with Gasteiger partial charge in [0.25, 0.3) is 15.9 Å². The second-order valence-corrected chi connectivity index (χ2v) is 10.8. The molecule has 0 fully saturated rings. The lowest BCUT2D eigenvalue weighted by Crippen LogP contribution is -2.34. The van der Waals surface area contributed by atoms with Crippen molar-refractivity contribution in [2.75, 3.05) is 24.6 Å². The molecular weight excluding hydrogens is 512 g/mol. The van der Waals surface area contributed by atoms with E-state index >= 15 is 0 Å². The Bertz CT molecular complexity index is 1400. The van der Waals surface area contributed by atoms with Gasteiger partial charge in [-0.2, -0.15) is 0 Å². The molecule has 0 N–H and O–H groups in total. The van der Waals surface area contributed by atoms with Crippen LogP contribution in [0.15, 0.2) is 114 Å². The molecule has 0 unspecified atom stereocenters. The van der Waals surface area contributed by atoms with Crippen molar-refractivity contribution in [1.82, 2.24) is 4.90 Å². The second-order valence-electron chi connectivity index (χ2n) is 8.88. The Morgan fingerprint density at radius 3 is 1.69 bits per heavy atom. The van der Waals surface area contributed by atoms with Gasteiger partial charge in [-0.25, -0.2) is 8.42 Å². The smallest absolute Gasteiger partial charge is 0.264 e. The van der Waals surface area contributed by atoms with Crippen LogP contribution >= 0.6 is 0 Å². The highest BCUT2D eigenvalue weighted by molar-refractivity contribution is 7.92. The summed E-state index contributed by atoms with van der Waals surface area (Å²) in [7, 11) is -2.26. The van der Waals surface area contributed by atoms with Crippen LogP contribution in [-0.2, 0) is 27.9 Å². The molecule has 0 spiro atoms. The molecular formula is C31H32N2O5S. The summed E-state index contributed by atoms with van der Waals surface area (Å²) >= 11 is 0. The molecule has 4 aromatic carbocycles. The van der Waals surface area contributed by atoms with E-state index < -0.39 is 10.0 Å². The van der Waals surface area contributed by atoms with Gasteiger partial charge in [0, 0.05) is 20.1 Å². The van der Waals surface area contributed by atoms with E-state index in [4.69, 9.17) is 9.47 Å². The van der Waals surface area contributed by atoms with Crippen LogP contribution in [0.25, 0.3) is 0 Å². The summed E-state index contributed by atoms with van der Waals surface area (Å²) in [5.41, 5.74) is 2.53. The van der Waals surface area contributed by atoms with Gasteiger partial charge in [0.15, 0.2) is 6.61 Å². The summed E-state index contributed by atoms with van der Waals surface area (Å²) in [6, 6.07) is 32.6. The Morgan fingerprint density at radius 2 is 1.18 bits per heavy atom. The SMILES string of the molecule is CCOc1ccc(S(=O)(=O)N(C)c2ccc(OCC(=O)N(Cc3ccccc3)Cc3ccccc3)cc2)cc1. The Morgan fingerprint density at radius 1 is 0.692 bits per heavy atom. The summed E-state index contributed by atoms with van der Waals surface area (Å²) in [6.45, 7) is 3.16. The number of hydrogen-bond acceptors (Lipinski definition) is 5. The lowest BCUT2D eigenvalue weighted by Gasteiger charge is -2.23. The van der Waals surface area contributed by atoms with Gasteiger partial charge in [-0.1, -0.05) is 60.7 Å². The second kappa shape index (κ2) is 13.0. The maximum Gasteiger partial charge on any atom is 0.264 e. The van der Waals surface area contributed by atoms with Crippen molar-refractivity contribution in [3.63, 3.8) is 0 Å². The van der Waals surface area contributed by atoms with Gasteiger partial charge in [-0.15, -0.1) is 0 Å². The summed E-state index contributed by atoms with van der Waals surface area (Å²) < 4.78 is 38.6. The number of ether oxygens (including phenoxy) is 2. The summed E-state index contributed by atoms with van der Waals surface area (Å²) in [4.78, 5) is 15.1. The molecule has 7 nitrogen and oxygen atoms in total. The molecule has 0 bridgehead atoms. The number of sulfonamides is 1. The van der Waals surface area contributed by atoms with Crippen LogP contribution in [0.2, 0.25) is 0 Å². The molecule has 0 aliphatic carbocycles. The standard InChI is InChI=1S/C31H32N2O5S/c1-3-37-28-18-20-30(21-19-28)39(35,36)32(2)27-14-16-29(17-15-27)38-24-31(34)33(22-25-10-6-4-7-11-25)23-26-12-8-5-9-13-26/h4-21H,3,22-24H2,1-2H3. The van der Waals surface area contributed by atoms with E-state index in [9.17, 15) is 13.2 Å². The van der Waals surface area contributed by atoms with Crippen LogP contribution in [0.1, 0.15) is 18.1 Å². The van der Waals surface area contributed by atoms with Crippen LogP contribution in [0.3, 0.4) is 0 Å². The van der Waals surface area contributed by atoms with E-state index in [2.05, 4.69) is 0 Å². The van der Waals surface area contributed by atoms with Gasteiger partial charge < -0.3 is 14.4 Å². The van der Waals surface area contributed by atoms with Crippen molar-refractivity contribution in [3.05, 3.63) is 120 Å². The first-order valence-electron chi connectivity index (χ1n) is 12.7. The van der Waals surface area contributed by atoms with E-state index in [-0.39, 0.29) is 17.4 Å². The molecule has 0 saturated carbocycles. The first-order chi connectivity index (χ1) is 18.9. The molecule has 0 atom stereocenters. The minimum atomic E-state index is -3.76. The van der Waals surface area contributed by atoms with Gasteiger partial charge in [0.1, 0.15) is 11.5 Å². The number of hydrogen-bond donors (Lipinski definition) is 0. The highest BCUT2D eigenvalue weighted by Gasteiger charge is 2.22. The fourth-order valence-corrected chi connectivity index (χ4v) is 5.20. The molecule has 8 heteroatoms. The Balaban J connectivity index is 1.40. The first-order valence-corrected chi connectivity index (χ1v) is 14.1. The summed E-state index contributed by atoms with van der Waals surface area (Å²) in [6.07, 6.45) is 0. The lowest BCUT2D eigenvalue weighted by atomic mass is 10.1. The average Bonchev–Trinajstić information content (AvgIpc) is 2.97. The van der Waals surface area contributed by atoms with E-state index in [1.807, 2.05) is 67.6 Å². The third-order valence-electron chi connectivity index (χ3n) is 6.14. The van der Waals surface area contributed by atoms with Gasteiger partial charge in [0.2, 0.25) is 0 Å². The number of anilines is 1. The van der Waals surface area contributed by atoms with E-state index in [1.165, 1.54) is 23.5 Å². The Hall–Kier alpha value is -4.30. The van der Waals surface area contributed by atoms with E-state index in [0.29, 0.717) is 36.9 Å². The first kappa shape index (κ1) is 27.7. The molecule has 202 valence electrons. The van der Waals surface area contributed by atoms with Crippen molar-refractivity contribution in [2.24, 2.45) is 0 Å². The van der Waals surface area contributed by atoms with Crippen LogP contribution in [0.5, 0.6) is 11.5 Å².